The molecule has 0 saturated carbocycles. The molecule has 1 aromatic rings. The number of sulfonamides is 1. The van der Waals surface area contributed by atoms with Crippen molar-refractivity contribution in [3.05, 3.63) is 29.8 Å². The molecule has 0 bridgehead atoms. The van der Waals surface area contributed by atoms with Gasteiger partial charge in [0.05, 0.1) is 10.5 Å². The Balaban J connectivity index is 2.97. The van der Waals surface area contributed by atoms with E-state index in [2.05, 4.69) is 0 Å². The molecule has 0 fully saturated rings. The number of carboxylic acid groups (broad SMARTS) is 1. The van der Waals surface area contributed by atoms with Crippen LogP contribution in [-0.2, 0) is 10.0 Å². The minimum Gasteiger partial charge on any atom is -0.478 e. The van der Waals surface area contributed by atoms with Crippen molar-refractivity contribution >= 4 is 22.0 Å². The Morgan fingerprint density at radius 1 is 1.30 bits per heavy atom. The first-order chi connectivity index (χ1) is 11.5. The molecule has 20 heavy (non-hydrogen) atoms. The van der Waals surface area contributed by atoms with E-state index in [9.17, 15) is 18.0 Å². The van der Waals surface area contributed by atoms with E-state index in [0.29, 0.717) is 0 Å². The number of urea groups is 1. The fourth-order valence-electron chi connectivity index (χ4n) is 1.13. The van der Waals surface area contributed by atoms with E-state index in [1.54, 1.807) is 0 Å². The molecule has 0 aliphatic carbocycles. The van der Waals surface area contributed by atoms with E-state index in [1.165, 1.54) is 10.0 Å². The molecule has 0 saturated heterocycles. The zero-order valence-corrected chi connectivity index (χ0v) is 11.1. The van der Waals surface area contributed by atoms with Crippen molar-refractivity contribution in [1.82, 2.24) is 10.0 Å². The highest BCUT2D eigenvalue weighted by Crippen LogP contribution is 2.10. The second-order valence-corrected chi connectivity index (χ2v) is 5.07. The third-order valence-electron chi connectivity index (χ3n) is 2.00. The van der Waals surface area contributed by atoms with Crippen molar-refractivity contribution in [2.24, 2.45) is 0 Å². The van der Waals surface area contributed by atoms with Crippen molar-refractivity contribution in [1.29, 1.82) is 0 Å². The van der Waals surface area contributed by atoms with Crippen LogP contribution in [0.25, 0.3) is 0 Å². The Labute approximate surface area is 125 Å². The molecule has 110 valence electrons. The summed E-state index contributed by atoms with van der Waals surface area (Å²) in [6, 6.07) is 2.18. The number of carboxylic acids is 1. The number of hydrogen-bond acceptors (Lipinski definition) is 4. The number of carbonyl (C=O) groups is 2. The number of nitrogens with one attached hydrogen (secondary N) is 2. The molecular formula is C12H16N2O5S. The lowest BCUT2D eigenvalue weighted by molar-refractivity contribution is 0.0696. The summed E-state index contributed by atoms with van der Waals surface area (Å²) >= 11 is 0. The molecule has 0 aromatic heterocycles. The van der Waals surface area contributed by atoms with E-state index in [1.807, 2.05) is 0 Å². The van der Waals surface area contributed by atoms with Gasteiger partial charge in [0, 0.05) is 14.7 Å². The van der Waals surface area contributed by atoms with Gasteiger partial charge in [-0.3, -0.25) is 0 Å². The van der Waals surface area contributed by atoms with Crippen LogP contribution in [0.1, 0.15) is 38.3 Å². The topological polar surface area (TPSA) is 113 Å². The minimum absolute atomic E-state index is 0.192. The fraction of sp³-hybridized carbons (Fsp3) is 0.333. The second-order valence-electron chi connectivity index (χ2n) is 3.39. The zero-order chi connectivity index (χ0) is 20.6. The smallest absolute Gasteiger partial charge is 0.335 e. The van der Waals surface area contributed by atoms with Crippen LogP contribution < -0.4 is 10.0 Å². The normalized spacial score (nSPS) is 17.4. The van der Waals surface area contributed by atoms with Crippen LogP contribution in [0.2, 0.25) is 0 Å². The first-order valence-electron chi connectivity index (χ1n) is 8.19. The SMILES string of the molecule is [2H]C([2H])(C)C([2H])([2H])C([2H])([2H])NC(=O)NS(=O)(=O)c1ccc(C(=O)O)cc1. The summed E-state index contributed by atoms with van der Waals surface area (Å²) in [4.78, 5) is 22.0. The van der Waals surface area contributed by atoms with Gasteiger partial charge in [-0.2, -0.15) is 0 Å². The maximum absolute atomic E-state index is 12.0. The van der Waals surface area contributed by atoms with Crippen LogP contribution in [0, 0.1) is 0 Å². The Morgan fingerprint density at radius 2 is 1.90 bits per heavy atom. The van der Waals surface area contributed by atoms with E-state index in [0.717, 1.165) is 31.2 Å². The maximum atomic E-state index is 12.0. The summed E-state index contributed by atoms with van der Waals surface area (Å²) in [5, 5.41) is 10.2. The van der Waals surface area contributed by atoms with Gasteiger partial charge < -0.3 is 10.4 Å². The van der Waals surface area contributed by atoms with Gasteiger partial charge in [0.1, 0.15) is 0 Å². The molecule has 8 heteroatoms. The molecule has 2 amide bonds. The first kappa shape index (κ1) is 8.96. The molecule has 0 atom stereocenters. The van der Waals surface area contributed by atoms with Gasteiger partial charge in [0.2, 0.25) is 0 Å². The summed E-state index contributed by atoms with van der Waals surface area (Å²) in [5.41, 5.74) is -0.192. The fourth-order valence-corrected chi connectivity index (χ4v) is 2.04. The molecule has 0 aliphatic heterocycles. The second kappa shape index (κ2) is 6.90. The summed E-state index contributed by atoms with van der Waals surface area (Å²) in [6.45, 7) is -2.47. The number of rotatable bonds is 6. The van der Waals surface area contributed by atoms with Crippen molar-refractivity contribution < 1.29 is 31.3 Å². The number of aromatic carboxylic acids is 1. The molecule has 7 nitrogen and oxygen atoms in total. The van der Waals surface area contributed by atoms with Gasteiger partial charge >= 0.3 is 12.0 Å². The summed E-state index contributed by atoms with van der Waals surface area (Å²) in [7, 11) is -4.49. The third-order valence-corrected chi connectivity index (χ3v) is 3.35. The number of benzene rings is 1. The molecule has 0 heterocycles. The monoisotopic (exact) mass is 306 g/mol. The van der Waals surface area contributed by atoms with Crippen LogP contribution in [0.15, 0.2) is 29.2 Å². The highest BCUT2D eigenvalue weighted by molar-refractivity contribution is 7.90. The van der Waals surface area contributed by atoms with Gasteiger partial charge in [-0.05, 0) is 30.6 Å². The van der Waals surface area contributed by atoms with Gasteiger partial charge in [-0.1, -0.05) is 13.3 Å². The predicted octanol–water partition coefficient (Wildman–Crippen LogP) is 1.17. The Hall–Kier alpha value is -2.09. The summed E-state index contributed by atoms with van der Waals surface area (Å²) in [5.74, 6) is -1.29. The first-order valence-corrected chi connectivity index (χ1v) is 6.68. The average molecular weight is 306 g/mol. The van der Waals surface area contributed by atoms with E-state index < -0.39 is 46.2 Å². The van der Waals surface area contributed by atoms with E-state index >= 15 is 0 Å². The molecule has 0 radical (unpaired) electrons. The average Bonchev–Trinajstić information content (AvgIpc) is 2.44. The summed E-state index contributed by atoms with van der Waals surface area (Å²) < 4.78 is 70.2. The summed E-state index contributed by atoms with van der Waals surface area (Å²) in [6.07, 6.45) is -5.86. The van der Waals surface area contributed by atoms with Crippen molar-refractivity contribution in [2.45, 2.75) is 24.6 Å². The molecule has 1 aromatic carbocycles. The Bertz CT molecular complexity index is 804. The lowest BCUT2D eigenvalue weighted by atomic mass is 10.2. The van der Waals surface area contributed by atoms with E-state index in [-0.39, 0.29) is 5.56 Å². The van der Waals surface area contributed by atoms with Crippen LogP contribution in [0.5, 0.6) is 0 Å². The van der Waals surface area contributed by atoms with Crippen LogP contribution >= 0.6 is 0 Å². The Kier molecular flexibility index (Phi) is 3.09. The molecule has 0 aliphatic rings. The van der Waals surface area contributed by atoms with Crippen LogP contribution in [0.4, 0.5) is 4.79 Å². The number of carbonyl (C=O) groups excluding carboxylic acids is 1. The molecule has 1 rings (SSSR count). The molecule has 0 spiro atoms. The Morgan fingerprint density at radius 3 is 2.40 bits per heavy atom. The molecular weight excluding hydrogens is 284 g/mol. The molecule has 3 N–H and O–H groups in total. The zero-order valence-electron chi connectivity index (χ0n) is 16.3. The van der Waals surface area contributed by atoms with Crippen molar-refractivity contribution in [3.8, 4) is 0 Å². The predicted molar refractivity (Wildman–Crippen MR) is 72.0 cm³/mol. The van der Waals surface area contributed by atoms with Crippen molar-refractivity contribution in [2.75, 3.05) is 6.50 Å². The maximum Gasteiger partial charge on any atom is 0.335 e. The van der Waals surface area contributed by atoms with Gasteiger partial charge in [-0.25, -0.2) is 22.7 Å². The largest absolute Gasteiger partial charge is 0.478 e. The van der Waals surface area contributed by atoms with Crippen molar-refractivity contribution in [3.63, 3.8) is 0 Å². The molecule has 0 unspecified atom stereocenters. The third kappa shape index (κ3) is 4.54. The number of amides is 2. The number of hydrogen-bond donors (Lipinski definition) is 3. The standard InChI is InChI=1S/C12H16N2O5S/c1-2-3-8-13-12(17)14-20(18,19)10-6-4-9(5-7-10)11(15)16/h4-7H,2-3,8H2,1H3,(H,15,16)(H2,13,14,17)/i2D2,3D2,8D2. The quantitative estimate of drug-likeness (QED) is 0.730. The van der Waals surface area contributed by atoms with Gasteiger partial charge in [0.15, 0.2) is 0 Å². The minimum atomic E-state index is -4.49. The van der Waals surface area contributed by atoms with Crippen LogP contribution in [0.3, 0.4) is 0 Å². The lowest BCUT2D eigenvalue weighted by Gasteiger charge is -2.08. The van der Waals surface area contributed by atoms with E-state index in [4.69, 9.17) is 13.3 Å². The van der Waals surface area contributed by atoms with Gasteiger partial charge in [0.25, 0.3) is 10.0 Å². The lowest BCUT2D eigenvalue weighted by Crippen LogP contribution is -2.39. The highest BCUT2D eigenvalue weighted by Gasteiger charge is 2.17. The van der Waals surface area contributed by atoms with Crippen LogP contribution in [-0.4, -0.2) is 32.0 Å². The van der Waals surface area contributed by atoms with Gasteiger partial charge in [-0.15, -0.1) is 0 Å². The highest BCUT2D eigenvalue weighted by atomic mass is 32.2.